The first kappa shape index (κ1) is 25.0. The standard InChI is InChI=1S/C28H27N3O4S/c1-30(2)26-16-8-15-24-23(26)14-9-17-27(24)36(34,35)31(3)22-13-7-12-21(18-22)25(19-28(32)29-33)20-10-5-4-6-11-20/h4-19,33H,1-3H3,(H,29,32)/b25-19-. The summed E-state index contributed by atoms with van der Waals surface area (Å²) in [6.45, 7) is 0. The van der Waals surface area contributed by atoms with E-state index in [-0.39, 0.29) is 4.90 Å². The Labute approximate surface area is 210 Å². The SMILES string of the molecule is CN(C)c1cccc2c(S(=O)(=O)N(C)c3cccc(/C(=C\C(=O)NO)c4ccccc4)c3)cccc12. The maximum atomic E-state index is 13.8. The van der Waals surface area contributed by atoms with E-state index in [1.54, 1.807) is 41.9 Å². The van der Waals surface area contributed by atoms with E-state index in [4.69, 9.17) is 5.21 Å². The molecule has 8 heteroatoms. The fourth-order valence-electron chi connectivity index (χ4n) is 4.15. The molecular formula is C28H27N3O4S. The van der Waals surface area contributed by atoms with Crippen molar-refractivity contribution < 1.29 is 18.4 Å². The lowest BCUT2D eigenvalue weighted by atomic mass is 9.97. The van der Waals surface area contributed by atoms with Crippen molar-refractivity contribution in [2.45, 2.75) is 4.90 Å². The molecular weight excluding hydrogens is 474 g/mol. The molecule has 0 aromatic heterocycles. The molecule has 4 aromatic carbocycles. The first-order chi connectivity index (χ1) is 17.2. The van der Waals surface area contributed by atoms with Crippen molar-refractivity contribution in [3.05, 3.63) is 108 Å². The maximum absolute atomic E-state index is 13.8. The van der Waals surface area contributed by atoms with Gasteiger partial charge in [-0.1, -0.05) is 66.7 Å². The van der Waals surface area contributed by atoms with Crippen LogP contribution >= 0.6 is 0 Å². The molecule has 0 aliphatic heterocycles. The number of nitrogens with one attached hydrogen (secondary N) is 1. The van der Waals surface area contributed by atoms with Crippen molar-refractivity contribution in [1.29, 1.82) is 0 Å². The number of fused-ring (bicyclic) bond motifs is 1. The molecule has 0 aliphatic carbocycles. The second-order valence-electron chi connectivity index (χ2n) is 8.45. The van der Waals surface area contributed by atoms with Crippen LogP contribution in [0.1, 0.15) is 11.1 Å². The molecule has 184 valence electrons. The zero-order valence-corrected chi connectivity index (χ0v) is 21.0. The van der Waals surface area contributed by atoms with E-state index in [9.17, 15) is 13.2 Å². The summed E-state index contributed by atoms with van der Waals surface area (Å²) in [5.74, 6) is -0.687. The topological polar surface area (TPSA) is 90.0 Å². The highest BCUT2D eigenvalue weighted by atomic mass is 32.2. The summed E-state index contributed by atoms with van der Waals surface area (Å²) in [4.78, 5) is 14.1. The van der Waals surface area contributed by atoms with Crippen LogP contribution in [0.2, 0.25) is 0 Å². The van der Waals surface area contributed by atoms with Crippen molar-refractivity contribution in [1.82, 2.24) is 5.48 Å². The number of sulfonamides is 1. The second kappa shape index (κ2) is 10.2. The van der Waals surface area contributed by atoms with Crippen LogP contribution in [0.4, 0.5) is 11.4 Å². The van der Waals surface area contributed by atoms with Gasteiger partial charge < -0.3 is 4.90 Å². The molecule has 0 spiro atoms. The van der Waals surface area contributed by atoms with Crippen LogP contribution in [-0.2, 0) is 14.8 Å². The van der Waals surface area contributed by atoms with Crippen molar-refractivity contribution in [2.75, 3.05) is 30.3 Å². The summed E-state index contributed by atoms with van der Waals surface area (Å²) in [6, 6.07) is 27.0. The quantitative estimate of drug-likeness (QED) is 0.218. The molecule has 0 saturated carbocycles. The summed E-state index contributed by atoms with van der Waals surface area (Å²) in [7, 11) is 1.43. The first-order valence-corrected chi connectivity index (χ1v) is 12.7. The minimum atomic E-state index is -3.92. The minimum absolute atomic E-state index is 0.204. The number of benzene rings is 4. The summed E-state index contributed by atoms with van der Waals surface area (Å²) in [5, 5.41) is 10.5. The van der Waals surface area contributed by atoms with Gasteiger partial charge in [0, 0.05) is 43.7 Å². The van der Waals surface area contributed by atoms with Crippen LogP contribution in [0, 0.1) is 0 Å². The Morgan fingerprint density at radius 3 is 2.14 bits per heavy atom. The average Bonchev–Trinajstić information content (AvgIpc) is 2.90. The molecule has 1 amide bonds. The monoisotopic (exact) mass is 501 g/mol. The lowest BCUT2D eigenvalue weighted by molar-refractivity contribution is -0.124. The number of carbonyl (C=O) groups is 1. The van der Waals surface area contributed by atoms with Crippen LogP contribution in [0.5, 0.6) is 0 Å². The highest BCUT2D eigenvalue weighted by Gasteiger charge is 2.24. The van der Waals surface area contributed by atoms with Crippen LogP contribution in [0.15, 0.2) is 102 Å². The van der Waals surface area contributed by atoms with Gasteiger partial charge in [-0.15, -0.1) is 0 Å². The van der Waals surface area contributed by atoms with E-state index >= 15 is 0 Å². The zero-order chi connectivity index (χ0) is 25.9. The number of hydroxylamine groups is 1. The molecule has 0 bridgehead atoms. The van der Waals surface area contributed by atoms with Crippen molar-refractivity contribution in [3.8, 4) is 0 Å². The molecule has 0 atom stereocenters. The molecule has 4 aromatic rings. The number of nitrogens with zero attached hydrogens (tertiary/aromatic N) is 2. The van der Waals surface area contributed by atoms with E-state index < -0.39 is 15.9 Å². The third-order valence-electron chi connectivity index (χ3n) is 5.97. The van der Waals surface area contributed by atoms with Gasteiger partial charge in [0.15, 0.2) is 0 Å². The molecule has 7 nitrogen and oxygen atoms in total. The van der Waals surface area contributed by atoms with Crippen LogP contribution < -0.4 is 14.7 Å². The zero-order valence-electron chi connectivity index (χ0n) is 20.2. The minimum Gasteiger partial charge on any atom is -0.377 e. The smallest absolute Gasteiger partial charge is 0.267 e. The molecule has 0 fully saturated rings. The Morgan fingerprint density at radius 2 is 1.44 bits per heavy atom. The summed E-state index contributed by atoms with van der Waals surface area (Å²) < 4.78 is 28.8. The fourth-order valence-corrected chi connectivity index (χ4v) is 5.54. The Kier molecular flexibility index (Phi) is 7.10. The normalized spacial score (nSPS) is 11.8. The Hall–Kier alpha value is -4.14. The van der Waals surface area contributed by atoms with Gasteiger partial charge in [0.2, 0.25) is 0 Å². The first-order valence-electron chi connectivity index (χ1n) is 11.2. The van der Waals surface area contributed by atoms with Crippen LogP contribution in [-0.4, -0.2) is 40.7 Å². The van der Waals surface area contributed by atoms with Crippen molar-refractivity contribution >= 4 is 43.7 Å². The van der Waals surface area contributed by atoms with Crippen molar-refractivity contribution in [3.63, 3.8) is 0 Å². The second-order valence-corrected chi connectivity index (χ2v) is 10.4. The molecule has 0 saturated heterocycles. The van der Waals surface area contributed by atoms with Gasteiger partial charge in [0.25, 0.3) is 15.9 Å². The molecule has 4 rings (SSSR count). The molecule has 2 N–H and O–H groups in total. The molecule has 0 radical (unpaired) electrons. The highest BCUT2D eigenvalue weighted by molar-refractivity contribution is 7.93. The van der Waals surface area contributed by atoms with Gasteiger partial charge in [-0.25, -0.2) is 13.9 Å². The number of amides is 1. The predicted molar refractivity (Wildman–Crippen MR) is 144 cm³/mol. The largest absolute Gasteiger partial charge is 0.377 e. The van der Waals surface area contributed by atoms with E-state index in [0.717, 1.165) is 16.6 Å². The summed E-state index contributed by atoms with van der Waals surface area (Å²) in [5.41, 5.74) is 4.88. The molecule has 0 unspecified atom stereocenters. The molecule has 0 heterocycles. The van der Waals surface area contributed by atoms with Crippen LogP contribution in [0.25, 0.3) is 16.3 Å². The number of hydrogen-bond donors (Lipinski definition) is 2. The van der Waals surface area contributed by atoms with Gasteiger partial charge >= 0.3 is 0 Å². The highest BCUT2D eigenvalue weighted by Crippen LogP contribution is 2.34. The van der Waals surface area contributed by atoms with Crippen molar-refractivity contribution in [2.24, 2.45) is 0 Å². The molecule has 36 heavy (non-hydrogen) atoms. The summed E-state index contributed by atoms with van der Waals surface area (Å²) in [6.07, 6.45) is 1.27. The molecule has 0 aliphatic rings. The Bertz CT molecular complexity index is 1550. The van der Waals surface area contributed by atoms with E-state index in [2.05, 4.69) is 0 Å². The Balaban J connectivity index is 1.81. The lowest BCUT2D eigenvalue weighted by Gasteiger charge is -2.23. The number of rotatable bonds is 7. The van der Waals surface area contributed by atoms with Gasteiger partial charge in [-0.2, -0.15) is 0 Å². The number of anilines is 2. The van der Waals surface area contributed by atoms with Gasteiger partial charge in [-0.05, 0) is 41.0 Å². The van der Waals surface area contributed by atoms with Gasteiger partial charge in [-0.3, -0.25) is 14.3 Å². The van der Waals surface area contributed by atoms with Crippen LogP contribution in [0.3, 0.4) is 0 Å². The average molecular weight is 502 g/mol. The predicted octanol–water partition coefficient (Wildman–Crippen LogP) is 4.67. The van der Waals surface area contributed by atoms with E-state index in [0.29, 0.717) is 22.2 Å². The fraction of sp³-hybridized carbons (Fsp3) is 0.107. The van der Waals surface area contributed by atoms with Gasteiger partial charge in [0.1, 0.15) is 0 Å². The summed E-state index contributed by atoms with van der Waals surface area (Å²) >= 11 is 0. The number of carbonyl (C=O) groups excluding carboxylic acids is 1. The third kappa shape index (κ3) is 4.82. The maximum Gasteiger partial charge on any atom is 0.267 e. The van der Waals surface area contributed by atoms with Gasteiger partial charge in [0.05, 0.1) is 10.6 Å². The lowest BCUT2D eigenvalue weighted by Crippen LogP contribution is -2.27. The van der Waals surface area contributed by atoms with E-state index in [1.165, 1.54) is 17.4 Å². The number of hydrogen-bond acceptors (Lipinski definition) is 5. The Morgan fingerprint density at radius 1 is 0.806 bits per heavy atom. The van der Waals surface area contributed by atoms with E-state index in [1.807, 2.05) is 73.6 Å². The third-order valence-corrected chi connectivity index (χ3v) is 7.81.